The largest absolute Gasteiger partial charge is 0.382 e. The number of aliphatic imine (C=N–C) groups is 1. The van der Waals surface area contributed by atoms with Gasteiger partial charge in [0.15, 0.2) is 5.17 Å². The highest BCUT2D eigenvalue weighted by Crippen LogP contribution is 2.35. The predicted molar refractivity (Wildman–Crippen MR) is 124 cm³/mol. The lowest BCUT2D eigenvalue weighted by Crippen LogP contribution is -2.27. The summed E-state index contributed by atoms with van der Waals surface area (Å²) < 4.78 is 7.57. The number of nitrogens with zero attached hydrogens (tertiary/aromatic N) is 3. The molecule has 1 aromatic heterocycles. The van der Waals surface area contributed by atoms with E-state index >= 15 is 0 Å². The second-order valence-electron chi connectivity index (χ2n) is 7.05. The van der Waals surface area contributed by atoms with Crippen molar-refractivity contribution in [2.45, 2.75) is 26.4 Å². The molecule has 150 valence electrons. The Balaban J connectivity index is 1.81. The van der Waals surface area contributed by atoms with E-state index in [1.807, 2.05) is 6.92 Å². The number of fused-ring (bicyclic) bond motifs is 1. The highest BCUT2D eigenvalue weighted by atomic mass is 32.2. The minimum absolute atomic E-state index is 0.105. The fraction of sp³-hybridized carbons (Fsp3) is 0.304. The number of aryl methyl sites for hydroxylation is 1. The Kier molecular flexibility index (Phi) is 6.02. The number of ether oxygens (including phenoxy) is 1. The number of methoxy groups -OCH3 is 1. The molecule has 0 spiro atoms. The van der Waals surface area contributed by atoms with Gasteiger partial charge in [-0.3, -0.25) is 10.4 Å². The summed E-state index contributed by atoms with van der Waals surface area (Å²) in [6, 6.07) is 19.3. The van der Waals surface area contributed by atoms with Gasteiger partial charge in [0.25, 0.3) is 0 Å². The van der Waals surface area contributed by atoms with Crippen LogP contribution in [0.2, 0.25) is 0 Å². The Hall–Kier alpha value is -2.57. The van der Waals surface area contributed by atoms with Gasteiger partial charge < -0.3 is 9.30 Å². The van der Waals surface area contributed by atoms with Gasteiger partial charge in [-0.15, -0.1) is 0 Å². The van der Waals surface area contributed by atoms with Gasteiger partial charge in [0.1, 0.15) is 0 Å². The van der Waals surface area contributed by atoms with Crippen LogP contribution in [0, 0.1) is 0 Å². The second kappa shape index (κ2) is 8.84. The summed E-state index contributed by atoms with van der Waals surface area (Å²) in [7, 11) is 1.70. The minimum Gasteiger partial charge on any atom is -0.382 e. The first-order valence-corrected chi connectivity index (χ1v) is 10.9. The molecule has 4 rings (SSSR count). The zero-order valence-corrected chi connectivity index (χ0v) is 17.9. The van der Waals surface area contributed by atoms with E-state index in [2.05, 4.69) is 76.5 Å². The van der Waals surface area contributed by atoms with E-state index in [0.717, 1.165) is 23.2 Å². The van der Waals surface area contributed by atoms with Gasteiger partial charge in [-0.25, -0.2) is 0 Å². The number of aromatic nitrogens is 1. The topological polar surface area (TPSA) is 50.9 Å². The van der Waals surface area contributed by atoms with E-state index in [4.69, 9.17) is 9.84 Å². The number of hydrogen-bond donors (Lipinski definition) is 1. The third-order valence-corrected chi connectivity index (χ3v) is 5.89. The number of amidine groups is 1. The van der Waals surface area contributed by atoms with Crippen LogP contribution in [0.15, 0.2) is 64.7 Å². The molecule has 0 saturated carbocycles. The zero-order chi connectivity index (χ0) is 20.2. The van der Waals surface area contributed by atoms with Crippen molar-refractivity contribution in [2.24, 2.45) is 10.1 Å². The monoisotopic (exact) mass is 406 g/mol. The van der Waals surface area contributed by atoms with Crippen molar-refractivity contribution in [1.82, 2.24) is 9.99 Å². The van der Waals surface area contributed by atoms with Gasteiger partial charge in [0.05, 0.1) is 24.1 Å². The first-order valence-electron chi connectivity index (χ1n) is 9.92. The molecule has 2 heterocycles. The number of para-hydroxylation sites is 1. The summed E-state index contributed by atoms with van der Waals surface area (Å²) in [6.45, 7) is 5.74. The number of thioether (sulfide) groups is 1. The normalized spacial score (nSPS) is 16.7. The molecule has 5 nitrogen and oxygen atoms in total. The summed E-state index contributed by atoms with van der Waals surface area (Å²) in [5.74, 6) is 0.781. The Morgan fingerprint density at radius 3 is 2.62 bits per heavy atom. The smallest absolute Gasteiger partial charge is 0.177 e. The highest BCUT2D eigenvalue weighted by Gasteiger charge is 2.24. The molecule has 0 fully saturated rings. The fourth-order valence-electron chi connectivity index (χ4n) is 3.81. The molecule has 29 heavy (non-hydrogen) atoms. The van der Waals surface area contributed by atoms with Crippen LogP contribution in [0.1, 0.15) is 19.4 Å². The molecule has 1 aliphatic rings. The van der Waals surface area contributed by atoms with Crippen molar-refractivity contribution in [3.63, 3.8) is 0 Å². The summed E-state index contributed by atoms with van der Waals surface area (Å²) in [6.07, 6.45) is 0. The van der Waals surface area contributed by atoms with Crippen LogP contribution in [0.4, 0.5) is 0 Å². The standard InChI is InChI=1S/C23H26N4OS/c1-4-27-20-13-9-8-12-18(20)21(22(27)17-10-6-5-7-11-17)19-15-29-23(26-25-19)24-16(2)14-28-3/h5-13,16H,4,14-15H2,1-3H3,(H,24,26)/t16-/m0/s1. The maximum absolute atomic E-state index is 5.18. The van der Waals surface area contributed by atoms with E-state index in [1.54, 1.807) is 18.9 Å². The molecule has 1 aliphatic heterocycles. The minimum atomic E-state index is 0.105. The van der Waals surface area contributed by atoms with Crippen LogP contribution < -0.4 is 5.43 Å². The first kappa shape index (κ1) is 19.7. The lowest BCUT2D eigenvalue weighted by Gasteiger charge is -2.18. The summed E-state index contributed by atoms with van der Waals surface area (Å²) in [5, 5.41) is 6.82. The molecule has 0 unspecified atom stereocenters. The van der Waals surface area contributed by atoms with Crippen LogP contribution in [-0.2, 0) is 11.3 Å². The molecular weight excluding hydrogens is 380 g/mol. The van der Waals surface area contributed by atoms with E-state index in [-0.39, 0.29) is 6.04 Å². The lowest BCUT2D eigenvalue weighted by molar-refractivity contribution is 0.186. The van der Waals surface area contributed by atoms with Crippen LogP contribution in [0.25, 0.3) is 22.2 Å². The van der Waals surface area contributed by atoms with Gasteiger partial charge in [0, 0.05) is 35.9 Å². The molecule has 6 heteroatoms. The van der Waals surface area contributed by atoms with Crippen molar-refractivity contribution >= 4 is 33.5 Å². The van der Waals surface area contributed by atoms with Gasteiger partial charge in [0.2, 0.25) is 0 Å². The molecule has 0 bridgehead atoms. The quantitative estimate of drug-likeness (QED) is 0.642. The van der Waals surface area contributed by atoms with Crippen LogP contribution in [0.5, 0.6) is 0 Å². The highest BCUT2D eigenvalue weighted by molar-refractivity contribution is 8.14. The molecule has 3 aromatic rings. The Morgan fingerprint density at radius 1 is 1.17 bits per heavy atom. The second-order valence-corrected chi connectivity index (χ2v) is 8.01. The van der Waals surface area contributed by atoms with Crippen LogP contribution in [0.3, 0.4) is 0 Å². The molecular formula is C23H26N4OS. The van der Waals surface area contributed by atoms with Gasteiger partial charge in [-0.2, -0.15) is 5.10 Å². The summed E-state index contributed by atoms with van der Waals surface area (Å²) in [5.41, 5.74) is 9.10. The Morgan fingerprint density at radius 2 is 1.93 bits per heavy atom. The third kappa shape index (κ3) is 3.95. The van der Waals surface area contributed by atoms with Crippen LogP contribution >= 0.6 is 11.8 Å². The first-order chi connectivity index (χ1) is 14.2. The molecule has 2 aromatic carbocycles. The van der Waals surface area contributed by atoms with Gasteiger partial charge in [-0.1, -0.05) is 60.3 Å². The molecule has 0 aliphatic carbocycles. The number of nitrogens with one attached hydrogen (secondary N) is 1. The van der Waals surface area contributed by atoms with Crippen molar-refractivity contribution < 1.29 is 4.74 Å². The van der Waals surface area contributed by atoms with Crippen LogP contribution in [-0.4, -0.2) is 41.0 Å². The van der Waals surface area contributed by atoms with Gasteiger partial charge in [-0.05, 0) is 25.5 Å². The maximum Gasteiger partial charge on any atom is 0.177 e. The molecule has 0 radical (unpaired) electrons. The average molecular weight is 407 g/mol. The number of benzene rings is 2. The molecule has 1 atom stereocenters. The summed E-state index contributed by atoms with van der Waals surface area (Å²) in [4.78, 5) is 4.65. The SMILES string of the molecule is CCn1c(-c2ccccc2)c(C2=NNC(=N[C@@H](C)COC)SC2)c2ccccc21. The summed E-state index contributed by atoms with van der Waals surface area (Å²) >= 11 is 1.69. The maximum atomic E-state index is 5.18. The Bertz CT molecular complexity index is 1060. The van der Waals surface area contributed by atoms with Crippen molar-refractivity contribution in [2.75, 3.05) is 19.5 Å². The van der Waals surface area contributed by atoms with Crippen molar-refractivity contribution in [3.8, 4) is 11.3 Å². The van der Waals surface area contributed by atoms with Crippen molar-refractivity contribution in [1.29, 1.82) is 0 Å². The van der Waals surface area contributed by atoms with Gasteiger partial charge >= 0.3 is 0 Å². The number of rotatable bonds is 6. The fourth-order valence-corrected chi connectivity index (χ4v) is 4.66. The van der Waals surface area contributed by atoms with E-state index in [9.17, 15) is 0 Å². The molecule has 0 amide bonds. The van der Waals surface area contributed by atoms with Crippen molar-refractivity contribution in [3.05, 3.63) is 60.2 Å². The van der Waals surface area contributed by atoms with E-state index in [0.29, 0.717) is 6.61 Å². The third-order valence-electron chi connectivity index (χ3n) is 5.00. The van der Waals surface area contributed by atoms with E-state index in [1.165, 1.54) is 27.7 Å². The predicted octanol–water partition coefficient (Wildman–Crippen LogP) is 4.76. The molecule has 0 saturated heterocycles. The zero-order valence-electron chi connectivity index (χ0n) is 17.1. The number of hydrogen-bond acceptors (Lipinski definition) is 4. The lowest BCUT2D eigenvalue weighted by atomic mass is 10.0. The molecule has 1 N–H and O–H groups in total. The average Bonchev–Trinajstić information content (AvgIpc) is 3.09. The number of hydrazone groups is 1. The van der Waals surface area contributed by atoms with E-state index < -0.39 is 0 Å². The Labute approximate surface area is 175 Å².